The van der Waals surface area contributed by atoms with Crippen LogP contribution in [0.2, 0.25) is 0 Å². The van der Waals surface area contributed by atoms with Gasteiger partial charge >= 0.3 is 0 Å². The molecule has 1 fully saturated rings. The minimum absolute atomic E-state index is 0.0448. The number of rotatable bonds is 3. The SMILES string of the molecule is NCC#Cc1cccc(NC(=O)CC2CCCC2)n1. The summed E-state index contributed by atoms with van der Waals surface area (Å²) < 4.78 is 0. The molecule has 1 aromatic heterocycles. The van der Waals surface area contributed by atoms with E-state index >= 15 is 0 Å². The van der Waals surface area contributed by atoms with E-state index in [1.807, 2.05) is 6.07 Å². The number of carbonyl (C=O) groups excluding carboxylic acids is 1. The first-order valence-electron chi connectivity index (χ1n) is 6.74. The van der Waals surface area contributed by atoms with Crippen molar-refractivity contribution in [3.63, 3.8) is 0 Å². The van der Waals surface area contributed by atoms with Crippen LogP contribution in [0.1, 0.15) is 37.8 Å². The lowest BCUT2D eigenvalue weighted by molar-refractivity contribution is -0.117. The van der Waals surface area contributed by atoms with Gasteiger partial charge in [0.2, 0.25) is 5.91 Å². The van der Waals surface area contributed by atoms with Gasteiger partial charge < -0.3 is 11.1 Å². The minimum atomic E-state index is 0.0448. The number of hydrogen-bond acceptors (Lipinski definition) is 3. The van der Waals surface area contributed by atoms with E-state index in [2.05, 4.69) is 22.1 Å². The van der Waals surface area contributed by atoms with Gasteiger partial charge in [-0.15, -0.1) is 0 Å². The van der Waals surface area contributed by atoms with Crippen LogP contribution in [-0.4, -0.2) is 17.4 Å². The monoisotopic (exact) mass is 257 g/mol. The molecule has 1 heterocycles. The van der Waals surface area contributed by atoms with Crippen molar-refractivity contribution in [3.8, 4) is 11.8 Å². The Hall–Kier alpha value is -1.86. The number of nitrogens with one attached hydrogen (secondary N) is 1. The van der Waals surface area contributed by atoms with Crippen LogP contribution in [0.3, 0.4) is 0 Å². The maximum Gasteiger partial charge on any atom is 0.225 e. The molecule has 0 aliphatic heterocycles. The second kappa shape index (κ2) is 6.91. The van der Waals surface area contributed by atoms with Crippen molar-refractivity contribution in [1.29, 1.82) is 0 Å². The predicted octanol–water partition coefficient (Wildman–Crippen LogP) is 1.91. The molecule has 1 aromatic rings. The molecule has 1 aliphatic carbocycles. The molecule has 4 heteroatoms. The zero-order valence-corrected chi connectivity index (χ0v) is 11.0. The first-order valence-corrected chi connectivity index (χ1v) is 6.74. The molecule has 1 aliphatic rings. The molecule has 2 rings (SSSR count). The number of pyridine rings is 1. The summed E-state index contributed by atoms with van der Waals surface area (Å²) in [6.07, 6.45) is 5.44. The van der Waals surface area contributed by atoms with E-state index < -0.39 is 0 Å². The molecule has 19 heavy (non-hydrogen) atoms. The lowest BCUT2D eigenvalue weighted by atomic mass is 10.0. The van der Waals surface area contributed by atoms with Gasteiger partial charge in [0.25, 0.3) is 0 Å². The molecule has 3 N–H and O–H groups in total. The van der Waals surface area contributed by atoms with Crippen LogP contribution in [0.5, 0.6) is 0 Å². The zero-order chi connectivity index (χ0) is 13.5. The number of aromatic nitrogens is 1. The molecular formula is C15H19N3O. The third-order valence-corrected chi connectivity index (χ3v) is 3.28. The second-order valence-corrected chi connectivity index (χ2v) is 4.82. The van der Waals surface area contributed by atoms with Crippen LogP contribution < -0.4 is 11.1 Å². The normalized spacial score (nSPS) is 14.8. The molecular weight excluding hydrogens is 238 g/mol. The fourth-order valence-corrected chi connectivity index (χ4v) is 2.39. The molecule has 4 nitrogen and oxygen atoms in total. The lowest BCUT2D eigenvalue weighted by Crippen LogP contribution is -2.16. The molecule has 0 spiro atoms. The average molecular weight is 257 g/mol. The van der Waals surface area contributed by atoms with Gasteiger partial charge in [0.05, 0.1) is 6.54 Å². The van der Waals surface area contributed by atoms with Crippen molar-refractivity contribution in [2.24, 2.45) is 11.7 Å². The summed E-state index contributed by atoms with van der Waals surface area (Å²) in [6.45, 7) is 0.306. The van der Waals surface area contributed by atoms with Crippen LogP contribution >= 0.6 is 0 Å². The molecule has 1 amide bonds. The number of hydrogen-bond donors (Lipinski definition) is 2. The van der Waals surface area contributed by atoms with Crippen LogP contribution in [-0.2, 0) is 4.79 Å². The van der Waals surface area contributed by atoms with Crippen molar-refractivity contribution < 1.29 is 4.79 Å². The van der Waals surface area contributed by atoms with Gasteiger partial charge in [0, 0.05) is 6.42 Å². The molecule has 0 atom stereocenters. The number of anilines is 1. The first kappa shape index (κ1) is 13.6. The Kier molecular flexibility index (Phi) is 4.93. The van der Waals surface area contributed by atoms with E-state index in [4.69, 9.17) is 5.73 Å². The number of carbonyl (C=O) groups is 1. The van der Waals surface area contributed by atoms with Crippen LogP contribution in [0.4, 0.5) is 5.82 Å². The quantitative estimate of drug-likeness (QED) is 0.813. The first-order chi connectivity index (χ1) is 9.28. The Labute approximate surface area is 113 Å². The molecule has 0 radical (unpaired) electrons. The second-order valence-electron chi connectivity index (χ2n) is 4.82. The summed E-state index contributed by atoms with van der Waals surface area (Å²) in [5, 5.41) is 2.84. The van der Waals surface area contributed by atoms with Gasteiger partial charge in [-0.25, -0.2) is 4.98 Å². The largest absolute Gasteiger partial charge is 0.320 e. The number of nitrogens with zero attached hydrogens (tertiary/aromatic N) is 1. The molecule has 0 aromatic carbocycles. The van der Waals surface area contributed by atoms with E-state index in [1.165, 1.54) is 25.7 Å². The summed E-state index contributed by atoms with van der Waals surface area (Å²) in [5.74, 6) is 6.75. The minimum Gasteiger partial charge on any atom is -0.320 e. The maximum atomic E-state index is 11.9. The number of nitrogens with two attached hydrogens (primary N) is 1. The Morgan fingerprint density at radius 1 is 1.42 bits per heavy atom. The number of amides is 1. The molecule has 0 unspecified atom stereocenters. The molecule has 100 valence electrons. The van der Waals surface area contributed by atoms with Gasteiger partial charge in [0.1, 0.15) is 11.5 Å². The maximum absolute atomic E-state index is 11.9. The van der Waals surface area contributed by atoms with Gasteiger partial charge in [0.15, 0.2) is 0 Å². The highest BCUT2D eigenvalue weighted by atomic mass is 16.1. The van der Waals surface area contributed by atoms with Crippen molar-refractivity contribution >= 4 is 11.7 Å². The third kappa shape index (κ3) is 4.38. The summed E-state index contributed by atoms with van der Waals surface area (Å²) in [7, 11) is 0. The zero-order valence-electron chi connectivity index (χ0n) is 11.0. The fraction of sp³-hybridized carbons (Fsp3) is 0.467. The molecule has 0 bridgehead atoms. The highest BCUT2D eigenvalue weighted by Gasteiger charge is 2.18. The Balaban J connectivity index is 1.92. The molecule has 1 saturated carbocycles. The van der Waals surface area contributed by atoms with E-state index in [-0.39, 0.29) is 5.91 Å². The van der Waals surface area contributed by atoms with Crippen molar-refractivity contribution in [3.05, 3.63) is 23.9 Å². The highest BCUT2D eigenvalue weighted by Crippen LogP contribution is 2.27. The average Bonchev–Trinajstić information content (AvgIpc) is 2.89. The highest BCUT2D eigenvalue weighted by molar-refractivity contribution is 5.89. The molecule has 0 saturated heterocycles. The van der Waals surface area contributed by atoms with Crippen molar-refractivity contribution in [1.82, 2.24) is 4.98 Å². The van der Waals surface area contributed by atoms with Gasteiger partial charge in [-0.1, -0.05) is 24.8 Å². The van der Waals surface area contributed by atoms with Crippen molar-refractivity contribution in [2.75, 3.05) is 11.9 Å². The standard InChI is InChI=1S/C15H19N3O/c16-10-4-8-13-7-3-9-14(17-13)18-15(19)11-12-5-1-2-6-12/h3,7,9,12H,1-2,5-6,10-11,16H2,(H,17,18,19). The third-order valence-electron chi connectivity index (χ3n) is 3.28. The van der Waals surface area contributed by atoms with Crippen LogP contribution in [0.15, 0.2) is 18.2 Å². The smallest absolute Gasteiger partial charge is 0.225 e. The van der Waals surface area contributed by atoms with Gasteiger partial charge in [-0.2, -0.15) is 0 Å². The predicted molar refractivity (Wildman–Crippen MR) is 75.4 cm³/mol. The van der Waals surface area contributed by atoms with E-state index in [0.29, 0.717) is 30.4 Å². The Morgan fingerprint density at radius 2 is 2.21 bits per heavy atom. The van der Waals surface area contributed by atoms with Crippen LogP contribution in [0.25, 0.3) is 0 Å². The summed E-state index contributed by atoms with van der Waals surface area (Å²) in [6, 6.07) is 5.41. The summed E-state index contributed by atoms with van der Waals surface area (Å²) >= 11 is 0. The fourth-order valence-electron chi connectivity index (χ4n) is 2.39. The van der Waals surface area contributed by atoms with E-state index in [1.54, 1.807) is 12.1 Å². The van der Waals surface area contributed by atoms with Gasteiger partial charge in [-0.05, 0) is 36.8 Å². The van der Waals surface area contributed by atoms with E-state index in [0.717, 1.165) is 0 Å². The van der Waals surface area contributed by atoms with Crippen LogP contribution in [0, 0.1) is 17.8 Å². The topological polar surface area (TPSA) is 68.0 Å². The Bertz CT molecular complexity index is 496. The summed E-state index contributed by atoms with van der Waals surface area (Å²) in [5.41, 5.74) is 5.94. The Morgan fingerprint density at radius 3 is 2.95 bits per heavy atom. The van der Waals surface area contributed by atoms with Gasteiger partial charge in [-0.3, -0.25) is 4.79 Å². The lowest BCUT2D eigenvalue weighted by Gasteiger charge is -2.09. The van der Waals surface area contributed by atoms with Crippen molar-refractivity contribution in [2.45, 2.75) is 32.1 Å². The van der Waals surface area contributed by atoms with E-state index in [9.17, 15) is 4.79 Å². The summed E-state index contributed by atoms with van der Waals surface area (Å²) in [4.78, 5) is 16.2.